The standard InChI is InChI=1S/C11H18N2O2S4/c1-12-5-9-4-11(18-7-9)19(14,15)13-6-10-8-16-2-3-17-10/h4,7,10,12-13H,2-3,5-6,8H2,1H3. The Bertz CT molecular complexity index is 495. The van der Waals surface area contributed by atoms with Gasteiger partial charge in [-0.3, -0.25) is 0 Å². The molecule has 2 rings (SSSR count). The van der Waals surface area contributed by atoms with Crippen LogP contribution in [0.25, 0.3) is 0 Å². The molecular weight excluding hydrogens is 320 g/mol. The van der Waals surface area contributed by atoms with Crippen LogP contribution in [-0.4, -0.2) is 44.5 Å². The molecule has 0 spiro atoms. The van der Waals surface area contributed by atoms with Crippen molar-refractivity contribution in [2.45, 2.75) is 16.0 Å². The maximum absolute atomic E-state index is 12.2. The second kappa shape index (κ2) is 7.33. The van der Waals surface area contributed by atoms with Crippen molar-refractivity contribution in [1.29, 1.82) is 0 Å². The van der Waals surface area contributed by atoms with E-state index in [0.717, 1.165) is 17.1 Å². The number of hydrogen-bond donors (Lipinski definition) is 2. The summed E-state index contributed by atoms with van der Waals surface area (Å²) in [5, 5.41) is 5.30. The summed E-state index contributed by atoms with van der Waals surface area (Å²) in [6.45, 7) is 1.22. The molecule has 0 amide bonds. The van der Waals surface area contributed by atoms with Gasteiger partial charge in [-0.2, -0.15) is 23.5 Å². The Kier molecular flexibility index (Phi) is 6.04. The zero-order valence-corrected chi connectivity index (χ0v) is 14.0. The van der Waals surface area contributed by atoms with Crippen LogP contribution >= 0.6 is 34.9 Å². The van der Waals surface area contributed by atoms with Gasteiger partial charge in [0.25, 0.3) is 0 Å². The fourth-order valence-electron chi connectivity index (χ4n) is 1.72. The molecule has 8 heteroatoms. The van der Waals surface area contributed by atoms with Gasteiger partial charge in [0, 0.05) is 35.6 Å². The molecule has 108 valence electrons. The van der Waals surface area contributed by atoms with Crippen LogP contribution in [0.15, 0.2) is 15.7 Å². The van der Waals surface area contributed by atoms with E-state index in [0.29, 0.717) is 22.5 Å². The first-order valence-electron chi connectivity index (χ1n) is 6.03. The van der Waals surface area contributed by atoms with Gasteiger partial charge in [-0.1, -0.05) is 0 Å². The predicted octanol–water partition coefficient (Wildman–Crippen LogP) is 1.59. The summed E-state index contributed by atoms with van der Waals surface area (Å²) in [5.74, 6) is 3.32. The quantitative estimate of drug-likeness (QED) is 0.825. The predicted molar refractivity (Wildman–Crippen MR) is 85.8 cm³/mol. The van der Waals surface area contributed by atoms with Crippen molar-refractivity contribution >= 4 is 44.9 Å². The summed E-state index contributed by atoms with van der Waals surface area (Å²) in [6, 6.07) is 1.74. The zero-order valence-electron chi connectivity index (χ0n) is 10.7. The topological polar surface area (TPSA) is 58.2 Å². The number of rotatable bonds is 6. The highest BCUT2D eigenvalue weighted by molar-refractivity contribution is 8.06. The zero-order chi connectivity index (χ0) is 13.7. The minimum atomic E-state index is -3.34. The van der Waals surface area contributed by atoms with Crippen LogP contribution in [-0.2, 0) is 16.6 Å². The van der Waals surface area contributed by atoms with Crippen molar-refractivity contribution in [3.05, 3.63) is 17.0 Å². The molecule has 0 aliphatic carbocycles. The molecule has 19 heavy (non-hydrogen) atoms. The number of nitrogens with one attached hydrogen (secondary N) is 2. The number of thioether (sulfide) groups is 2. The summed E-state index contributed by atoms with van der Waals surface area (Å²) < 4.78 is 27.4. The number of thiophene rings is 1. The average Bonchev–Trinajstić information content (AvgIpc) is 2.88. The van der Waals surface area contributed by atoms with Crippen molar-refractivity contribution in [3.63, 3.8) is 0 Å². The molecule has 0 aromatic carbocycles. The van der Waals surface area contributed by atoms with Crippen LogP contribution in [0.4, 0.5) is 0 Å². The van der Waals surface area contributed by atoms with Crippen molar-refractivity contribution in [2.75, 3.05) is 30.9 Å². The third-order valence-electron chi connectivity index (χ3n) is 2.66. The van der Waals surface area contributed by atoms with E-state index in [2.05, 4.69) is 10.0 Å². The molecule has 2 heterocycles. The maximum atomic E-state index is 12.2. The Balaban J connectivity index is 1.92. The molecule has 0 radical (unpaired) electrons. The van der Waals surface area contributed by atoms with E-state index in [9.17, 15) is 8.42 Å². The van der Waals surface area contributed by atoms with E-state index in [1.165, 1.54) is 17.1 Å². The molecule has 1 unspecified atom stereocenters. The van der Waals surface area contributed by atoms with E-state index in [4.69, 9.17) is 0 Å². The molecule has 1 aliphatic heterocycles. The van der Waals surface area contributed by atoms with Gasteiger partial charge in [-0.15, -0.1) is 11.3 Å². The molecular formula is C11H18N2O2S4. The van der Waals surface area contributed by atoms with E-state index < -0.39 is 10.0 Å². The van der Waals surface area contributed by atoms with E-state index in [1.54, 1.807) is 6.07 Å². The Labute approximate surface area is 127 Å². The van der Waals surface area contributed by atoms with Gasteiger partial charge in [0.1, 0.15) is 4.21 Å². The average molecular weight is 339 g/mol. The van der Waals surface area contributed by atoms with Crippen LogP contribution < -0.4 is 10.0 Å². The Morgan fingerprint density at radius 2 is 2.26 bits per heavy atom. The van der Waals surface area contributed by atoms with Gasteiger partial charge in [0.2, 0.25) is 10.0 Å². The minimum Gasteiger partial charge on any atom is -0.316 e. The molecule has 0 bridgehead atoms. The fraction of sp³-hybridized carbons (Fsp3) is 0.636. The maximum Gasteiger partial charge on any atom is 0.250 e. The van der Waals surface area contributed by atoms with Crippen LogP contribution in [0.1, 0.15) is 5.56 Å². The van der Waals surface area contributed by atoms with Crippen molar-refractivity contribution in [2.24, 2.45) is 0 Å². The van der Waals surface area contributed by atoms with E-state index in [1.807, 2.05) is 36.0 Å². The lowest BCUT2D eigenvalue weighted by atomic mass is 10.3. The Hall–Kier alpha value is 0.270. The van der Waals surface area contributed by atoms with Gasteiger partial charge in [-0.25, -0.2) is 13.1 Å². The fourth-order valence-corrected chi connectivity index (χ4v) is 6.77. The highest BCUT2D eigenvalue weighted by Gasteiger charge is 2.20. The molecule has 1 atom stereocenters. The SMILES string of the molecule is CNCc1csc(S(=O)(=O)NCC2CSCCS2)c1. The molecule has 1 aromatic heterocycles. The molecule has 1 aromatic rings. The van der Waals surface area contributed by atoms with Crippen molar-refractivity contribution in [1.82, 2.24) is 10.0 Å². The molecule has 1 saturated heterocycles. The van der Waals surface area contributed by atoms with Gasteiger partial charge in [0.15, 0.2) is 0 Å². The second-order valence-corrected chi connectivity index (χ2v) is 9.69. The monoisotopic (exact) mass is 338 g/mol. The summed E-state index contributed by atoms with van der Waals surface area (Å²) in [4.78, 5) is 0. The third kappa shape index (κ3) is 4.64. The summed E-state index contributed by atoms with van der Waals surface area (Å²) >= 11 is 5.04. The lowest BCUT2D eigenvalue weighted by molar-refractivity contribution is 0.583. The minimum absolute atomic E-state index is 0.394. The van der Waals surface area contributed by atoms with Gasteiger partial charge >= 0.3 is 0 Å². The normalized spacial score (nSPS) is 20.6. The lowest BCUT2D eigenvalue weighted by Gasteiger charge is -2.20. The first-order chi connectivity index (χ1) is 9.12. The molecule has 4 nitrogen and oxygen atoms in total. The van der Waals surface area contributed by atoms with Crippen LogP contribution in [0.5, 0.6) is 0 Å². The lowest BCUT2D eigenvalue weighted by Crippen LogP contribution is -2.33. The van der Waals surface area contributed by atoms with E-state index >= 15 is 0 Å². The summed E-state index contributed by atoms with van der Waals surface area (Å²) in [6.07, 6.45) is 0. The molecule has 0 saturated carbocycles. The first kappa shape index (κ1) is 15.7. The van der Waals surface area contributed by atoms with Crippen molar-refractivity contribution in [3.8, 4) is 0 Å². The van der Waals surface area contributed by atoms with Crippen LogP contribution in [0.3, 0.4) is 0 Å². The number of hydrogen-bond acceptors (Lipinski definition) is 6. The van der Waals surface area contributed by atoms with Crippen LogP contribution in [0.2, 0.25) is 0 Å². The van der Waals surface area contributed by atoms with Crippen LogP contribution in [0, 0.1) is 0 Å². The molecule has 1 aliphatic rings. The molecule has 1 fully saturated rings. The highest BCUT2D eigenvalue weighted by atomic mass is 32.2. The highest BCUT2D eigenvalue weighted by Crippen LogP contribution is 2.24. The Morgan fingerprint density at radius 1 is 1.42 bits per heavy atom. The number of sulfonamides is 1. The summed E-state index contributed by atoms with van der Waals surface area (Å²) in [5.41, 5.74) is 1.01. The van der Waals surface area contributed by atoms with Gasteiger partial charge in [0.05, 0.1) is 0 Å². The van der Waals surface area contributed by atoms with Gasteiger partial charge in [-0.05, 0) is 24.1 Å². The van der Waals surface area contributed by atoms with Gasteiger partial charge < -0.3 is 5.32 Å². The first-order valence-corrected chi connectivity index (χ1v) is 10.6. The smallest absolute Gasteiger partial charge is 0.250 e. The van der Waals surface area contributed by atoms with E-state index in [-0.39, 0.29) is 0 Å². The Morgan fingerprint density at radius 3 is 2.95 bits per heavy atom. The largest absolute Gasteiger partial charge is 0.316 e. The third-order valence-corrected chi connectivity index (χ3v) is 8.42. The molecule has 2 N–H and O–H groups in total. The second-order valence-electron chi connectivity index (χ2n) is 4.22. The van der Waals surface area contributed by atoms with Crippen molar-refractivity contribution < 1.29 is 8.42 Å². The summed E-state index contributed by atoms with van der Waals surface area (Å²) in [7, 11) is -1.49.